The lowest BCUT2D eigenvalue weighted by Crippen LogP contribution is -2.52. The van der Waals surface area contributed by atoms with Crippen LogP contribution in [0.1, 0.15) is 21.5 Å². The van der Waals surface area contributed by atoms with Gasteiger partial charge in [0.1, 0.15) is 17.3 Å². The van der Waals surface area contributed by atoms with Crippen molar-refractivity contribution >= 4 is 11.8 Å². The van der Waals surface area contributed by atoms with Gasteiger partial charge in [0.2, 0.25) is 5.91 Å². The number of hydrogen-bond acceptors (Lipinski definition) is 5. The number of pyridine rings is 1. The molecular weight excluding hydrogens is 358 g/mol. The first-order valence-corrected chi connectivity index (χ1v) is 8.72. The fourth-order valence-corrected chi connectivity index (χ4v) is 3.33. The lowest BCUT2D eigenvalue weighted by atomic mass is 9.93. The largest absolute Gasteiger partial charge is 0.368 e. The number of carbonyl (C=O) groups excluding carboxylic acids is 2. The van der Waals surface area contributed by atoms with Crippen molar-refractivity contribution < 1.29 is 9.59 Å². The van der Waals surface area contributed by atoms with Crippen molar-refractivity contribution in [3.8, 4) is 11.5 Å². The van der Waals surface area contributed by atoms with E-state index in [9.17, 15) is 14.4 Å². The van der Waals surface area contributed by atoms with E-state index in [0.29, 0.717) is 12.1 Å². The Balaban J connectivity index is 1.68. The average molecular weight is 375 g/mol. The van der Waals surface area contributed by atoms with Crippen LogP contribution in [-0.2, 0) is 17.8 Å². The first-order chi connectivity index (χ1) is 13.5. The molecule has 0 unspecified atom stereocenters. The molecule has 0 aliphatic carbocycles. The predicted octanol–water partition coefficient (Wildman–Crippen LogP) is 0.884. The molecule has 0 saturated carbocycles. The second kappa shape index (κ2) is 7.07. The topological polar surface area (TPSA) is 122 Å². The molecule has 3 heterocycles. The highest BCUT2D eigenvalue weighted by atomic mass is 16.2. The second-order valence-electron chi connectivity index (χ2n) is 6.51. The van der Waals surface area contributed by atoms with Crippen LogP contribution in [0.2, 0.25) is 0 Å². The van der Waals surface area contributed by atoms with Gasteiger partial charge in [0.25, 0.3) is 11.5 Å². The van der Waals surface area contributed by atoms with Crippen LogP contribution in [0, 0.1) is 0 Å². The van der Waals surface area contributed by atoms with Crippen LogP contribution in [0.15, 0.2) is 59.7 Å². The van der Waals surface area contributed by atoms with Gasteiger partial charge in [-0.15, -0.1) is 0 Å². The minimum atomic E-state index is -0.822. The average Bonchev–Trinajstić information content (AvgIpc) is 2.72. The third kappa shape index (κ3) is 3.16. The van der Waals surface area contributed by atoms with Gasteiger partial charge in [-0.1, -0.05) is 30.3 Å². The van der Waals surface area contributed by atoms with Gasteiger partial charge < -0.3 is 15.6 Å². The molecule has 1 aliphatic rings. The molecule has 0 radical (unpaired) electrons. The summed E-state index contributed by atoms with van der Waals surface area (Å²) < 4.78 is 0. The molecule has 8 nitrogen and oxygen atoms in total. The Morgan fingerprint density at radius 1 is 1.07 bits per heavy atom. The third-order valence-corrected chi connectivity index (χ3v) is 4.78. The highest BCUT2D eigenvalue weighted by molar-refractivity contribution is 5.97. The van der Waals surface area contributed by atoms with Crippen molar-refractivity contribution in [2.45, 2.75) is 19.0 Å². The summed E-state index contributed by atoms with van der Waals surface area (Å²) in [6.45, 7) is 0.198. The summed E-state index contributed by atoms with van der Waals surface area (Å²) in [4.78, 5) is 49.7. The maximum atomic E-state index is 13.0. The van der Waals surface area contributed by atoms with E-state index < -0.39 is 23.4 Å². The number of nitrogens with one attached hydrogen (secondary N) is 1. The first-order valence-electron chi connectivity index (χ1n) is 8.72. The van der Waals surface area contributed by atoms with E-state index in [1.165, 1.54) is 11.1 Å². The van der Waals surface area contributed by atoms with Crippen LogP contribution in [0.25, 0.3) is 11.5 Å². The normalized spacial score (nSPS) is 15.7. The highest BCUT2D eigenvalue weighted by Gasteiger charge is 2.34. The molecule has 28 heavy (non-hydrogen) atoms. The van der Waals surface area contributed by atoms with E-state index in [4.69, 9.17) is 5.73 Å². The molecule has 8 heteroatoms. The van der Waals surface area contributed by atoms with Crippen LogP contribution in [-0.4, -0.2) is 37.7 Å². The molecule has 1 aromatic carbocycles. The number of aromatic amines is 1. The Morgan fingerprint density at radius 2 is 1.82 bits per heavy atom. The number of H-pyrrole nitrogens is 1. The standard InChI is InChI=1S/C20H17N5O3/c21-17(26)16-9-12-5-1-2-6-13(12)11-25(16)20(28)14-10-23-18(24-19(14)27)15-7-3-4-8-22-15/h1-8,10,16H,9,11H2,(H2,21,26)(H,23,24,27)/t16-/m1/s1. The van der Waals surface area contributed by atoms with Gasteiger partial charge in [0.15, 0.2) is 5.82 Å². The smallest absolute Gasteiger partial charge is 0.264 e. The lowest BCUT2D eigenvalue weighted by Gasteiger charge is -2.34. The number of amides is 2. The summed E-state index contributed by atoms with van der Waals surface area (Å²) in [5.41, 5.74) is 7.16. The number of fused-ring (bicyclic) bond motifs is 1. The molecule has 0 saturated heterocycles. The Labute approximate surface area is 160 Å². The summed E-state index contributed by atoms with van der Waals surface area (Å²) in [5.74, 6) is -0.936. The zero-order valence-electron chi connectivity index (χ0n) is 14.8. The van der Waals surface area contributed by atoms with E-state index in [1.807, 2.05) is 24.3 Å². The molecule has 1 atom stereocenters. The van der Waals surface area contributed by atoms with E-state index in [-0.39, 0.29) is 17.9 Å². The molecule has 2 aromatic heterocycles. The van der Waals surface area contributed by atoms with Crippen molar-refractivity contribution in [3.63, 3.8) is 0 Å². The number of hydrogen-bond donors (Lipinski definition) is 2. The predicted molar refractivity (Wildman–Crippen MR) is 101 cm³/mol. The van der Waals surface area contributed by atoms with Gasteiger partial charge in [-0.25, -0.2) is 4.98 Å². The minimum absolute atomic E-state index is 0.148. The molecule has 140 valence electrons. The zero-order chi connectivity index (χ0) is 19.7. The number of rotatable bonds is 3. The third-order valence-electron chi connectivity index (χ3n) is 4.78. The summed E-state index contributed by atoms with van der Waals surface area (Å²) >= 11 is 0. The van der Waals surface area contributed by atoms with Crippen LogP contribution in [0.5, 0.6) is 0 Å². The van der Waals surface area contributed by atoms with E-state index in [0.717, 1.165) is 11.1 Å². The fraction of sp³-hybridized carbons (Fsp3) is 0.150. The van der Waals surface area contributed by atoms with Crippen LogP contribution in [0.4, 0.5) is 0 Å². The molecular formula is C20H17N5O3. The first kappa shape index (κ1) is 17.6. The molecule has 3 aromatic rings. The molecule has 2 amide bonds. The second-order valence-corrected chi connectivity index (χ2v) is 6.51. The van der Waals surface area contributed by atoms with Gasteiger partial charge in [-0.3, -0.25) is 19.4 Å². The summed E-state index contributed by atoms with van der Waals surface area (Å²) in [5, 5.41) is 0. The fourth-order valence-electron chi connectivity index (χ4n) is 3.33. The van der Waals surface area contributed by atoms with Crippen molar-refractivity contribution in [1.29, 1.82) is 0 Å². The summed E-state index contributed by atoms with van der Waals surface area (Å²) in [7, 11) is 0. The quantitative estimate of drug-likeness (QED) is 0.704. The highest BCUT2D eigenvalue weighted by Crippen LogP contribution is 2.24. The zero-order valence-corrected chi connectivity index (χ0v) is 14.8. The number of nitrogens with two attached hydrogens (primary N) is 1. The summed E-state index contributed by atoms with van der Waals surface area (Å²) in [6.07, 6.45) is 3.11. The van der Waals surface area contributed by atoms with Gasteiger partial charge in [-0.2, -0.15) is 0 Å². The number of nitrogens with zero attached hydrogens (tertiary/aromatic N) is 3. The molecule has 1 aliphatic heterocycles. The van der Waals surface area contributed by atoms with Gasteiger partial charge in [0.05, 0.1) is 0 Å². The minimum Gasteiger partial charge on any atom is -0.368 e. The van der Waals surface area contributed by atoms with Crippen LogP contribution >= 0.6 is 0 Å². The molecule has 0 bridgehead atoms. The molecule has 4 rings (SSSR count). The van der Waals surface area contributed by atoms with E-state index >= 15 is 0 Å². The van der Waals surface area contributed by atoms with Crippen molar-refractivity contribution in [2.75, 3.05) is 0 Å². The Morgan fingerprint density at radius 3 is 2.50 bits per heavy atom. The molecule has 0 fully saturated rings. The Bertz CT molecular complexity index is 1110. The van der Waals surface area contributed by atoms with Gasteiger partial charge in [-0.05, 0) is 23.3 Å². The van der Waals surface area contributed by atoms with Crippen molar-refractivity contribution in [1.82, 2.24) is 19.9 Å². The van der Waals surface area contributed by atoms with Crippen molar-refractivity contribution in [3.05, 3.63) is 81.9 Å². The Kier molecular flexibility index (Phi) is 4.44. The Hall–Kier alpha value is -3.81. The van der Waals surface area contributed by atoms with Crippen molar-refractivity contribution in [2.24, 2.45) is 5.73 Å². The maximum absolute atomic E-state index is 13.0. The van der Waals surface area contributed by atoms with Crippen LogP contribution < -0.4 is 11.3 Å². The number of aromatic nitrogens is 3. The number of primary amides is 1. The van der Waals surface area contributed by atoms with Crippen LogP contribution in [0.3, 0.4) is 0 Å². The molecule has 0 spiro atoms. The van der Waals surface area contributed by atoms with Gasteiger partial charge in [0, 0.05) is 25.4 Å². The lowest BCUT2D eigenvalue weighted by molar-refractivity contribution is -0.122. The molecule has 3 N–H and O–H groups in total. The number of benzene rings is 1. The summed E-state index contributed by atoms with van der Waals surface area (Å²) in [6, 6.07) is 11.9. The van der Waals surface area contributed by atoms with E-state index in [2.05, 4.69) is 15.0 Å². The maximum Gasteiger partial charge on any atom is 0.264 e. The monoisotopic (exact) mass is 375 g/mol. The van der Waals surface area contributed by atoms with Gasteiger partial charge >= 0.3 is 0 Å². The SMILES string of the molecule is NC(=O)[C@H]1Cc2ccccc2CN1C(=O)c1cnc(-c2ccccn2)[nH]c1=O. The number of carbonyl (C=O) groups is 2. The van der Waals surface area contributed by atoms with E-state index in [1.54, 1.807) is 24.4 Å².